The fraction of sp³-hybridized carbons (Fsp3) is 0.190. The zero-order chi connectivity index (χ0) is 22.9. The largest absolute Gasteiger partial charge is 0.417 e. The van der Waals surface area contributed by atoms with Crippen molar-refractivity contribution in [1.82, 2.24) is 24.5 Å². The van der Waals surface area contributed by atoms with Gasteiger partial charge >= 0.3 is 6.18 Å². The Bertz CT molecular complexity index is 1260. The number of nitrogen functional groups attached to an aromatic ring is 1. The number of nitrogens with two attached hydrogens (primary N) is 1. The average Bonchev–Trinajstić information content (AvgIpc) is 3.26. The van der Waals surface area contributed by atoms with Crippen molar-refractivity contribution >= 4 is 34.2 Å². The Hall–Kier alpha value is -3.60. The van der Waals surface area contributed by atoms with Gasteiger partial charge < -0.3 is 10.6 Å². The molecule has 0 aliphatic carbocycles. The van der Waals surface area contributed by atoms with Crippen LogP contribution in [0.4, 0.5) is 19.0 Å². The summed E-state index contributed by atoms with van der Waals surface area (Å²) in [5, 5.41) is 6.43. The van der Waals surface area contributed by atoms with Gasteiger partial charge in [0.25, 0.3) is 5.91 Å². The first kappa shape index (κ1) is 21.6. The minimum absolute atomic E-state index is 0.00551. The number of anilines is 1. The molecule has 3 heterocycles. The van der Waals surface area contributed by atoms with E-state index in [-0.39, 0.29) is 19.0 Å². The molecule has 32 heavy (non-hydrogen) atoms. The van der Waals surface area contributed by atoms with E-state index in [1.54, 1.807) is 23.6 Å². The summed E-state index contributed by atoms with van der Waals surface area (Å²) in [7, 11) is 0. The second-order valence-electron chi connectivity index (χ2n) is 7.19. The number of carbonyl (C=O) groups excluding carboxylic acids is 1. The number of halogens is 3. The molecule has 0 fully saturated rings. The number of fused-ring (bicyclic) bond motifs is 1. The third kappa shape index (κ3) is 4.67. The van der Waals surface area contributed by atoms with Crippen LogP contribution in [-0.2, 0) is 19.3 Å². The molecule has 1 amide bonds. The van der Waals surface area contributed by atoms with Crippen LogP contribution in [-0.4, -0.2) is 30.4 Å². The summed E-state index contributed by atoms with van der Waals surface area (Å²) in [4.78, 5) is 23.0. The summed E-state index contributed by atoms with van der Waals surface area (Å²) >= 11 is 1.15. The van der Waals surface area contributed by atoms with Crippen LogP contribution in [0, 0.1) is 6.92 Å². The van der Waals surface area contributed by atoms with Crippen molar-refractivity contribution in [2.24, 2.45) is 0 Å². The van der Waals surface area contributed by atoms with E-state index in [1.807, 2.05) is 13.0 Å². The van der Waals surface area contributed by atoms with E-state index in [2.05, 4.69) is 19.6 Å². The van der Waals surface area contributed by atoms with Gasteiger partial charge in [0, 0.05) is 22.5 Å². The van der Waals surface area contributed by atoms with Gasteiger partial charge in [0.05, 0.1) is 35.6 Å². The maximum atomic E-state index is 13.3. The van der Waals surface area contributed by atoms with Crippen molar-refractivity contribution in [1.29, 1.82) is 0 Å². The summed E-state index contributed by atoms with van der Waals surface area (Å²) in [5.41, 5.74) is 7.75. The second-order valence-corrected chi connectivity index (χ2v) is 7.80. The number of nitrogens with zero attached hydrogens (tertiary/aromatic N) is 5. The van der Waals surface area contributed by atoms with Crippen LogP contribution in [0.25, 0.3) is 10.9 Å². The molecule has 0 bridgehead atoms. The van der Waals surface area contributed by atoms with E-state index in [0.29, 0.717) is 28.3 Å². The topological polar surface area (TPSA) is 97.9 Å². The predicted molar refractivity (Wildman–Crippen MR) is 114 cm³/mol. The zero-order valence-corrected chi connectivity index (χ0v) is 17.6. The van der Waals surface area contributed by atoms with E-state index in [0.717, 1.165) is 34.7 Å². The Labute approximate surface area is 184 Å². The molecule has 0 radical (unpaired) electrons. The van der Waals surface area contributed by atoms with Crippen LogP contribution >= 0.6 is 11.5 Å². The molecule has 3 aromatic heterocycles. The van der Waals surface area contributed by atoms with Crippen LogP contribution in [0.5, 0.6) is 0 Å². The SMILES string of the molecule is Cc1cc2cc(C(=O)N(Cc3ccc(C(F)(F)F)cn3)Cc3csnn3)ccc2nc1N. The third-order valence-corrected chi connectivity index (χ3v) is 5.39. The molecule has 4 aromatic rings. The average molecular weight is 458 g/mol. The number of benzene rings is 1. The van der Waals surface area contributed by atoms with Gasteiger partial charge in [-0.15, -0.1) is 5.10 Å². The number of pyridine rings is 2. The highest BCUT2D eigenvalue weighted by atomic mass is 32.1. The van der Waals surface area contributed by atoms with E-state index in [1.165, 1.54) is 11.0 Å². The lowest BCUT2D eigenvalue weighted by Crippen LogP contribution is -2.30. The molecular formula is C21H17F3N6OS. The van der Waals surface area contributed by atoms with Gasteiger partial charge in [0.1, 0.15) is 5.82 Å². The molecule has 0 saturated carbocycles. The molecule has 11 heteroatoms. The first-order valence-corrected chi connectivity index (χ1v) is 10.3. The van der Waals surface area contributed by atoms with Gasteiger partial charge in [0.2, 0.25) is 0 Å². The van der Waals surface area contributed by atoms with Crippen LogP contribution in [0.2, 0.25) is 0 Å². The predicted octanol–water partition coefficient (Wildman–Crippen LogP) is 4.23. The smallest absolute Gasteiger partial charge is 0.383 e. The monoisotopic (exact) mass is 458 g/mol. The van der Waals surface area contributed by atoms with Crippen molar-refractivity contribution in [3.63, 3.8) is 0 Å². The maximum absolute atomic E-state index is 13.3. The molecule has 0 spiro atoms. The van der Waals surface area contributed by atoms with Gasteiger partial charge in [0.15, 0.2) is 0 Å². The lowest BCUT2D eigenvalue weighted by Gasteiger charge is -2.22. The standard InChI is InChI=1S/C21H17F3N6OS/c1-12-6-14-7-13(2-5-18(14)27-19(12)25)20(31)30(10-17-11-32-29-28-17)9-16-4-3-15(8-26-16)21(22,23)24/h2-8,11H,9-10H2,1H3,(H2,25,27). The van der Waals surface area contributed by atoms with Crippen molar-refractivity contribution in [2.45, 2.75) is 26.2 Å². The summed E-state index contributed by atoms with van der Waals surface area (Å²) in [6.07, 6.45) is -3.72. The molecule has 0 aliphatic heterocycles. The van der Waals surface area contributed by atoms with Gasteiger partial charge in [-0.25, -0.2) is 4.98 Å². The Balaban J connectivity index is 1.64. The van der Waals surface area contributed by atoms with Crippen LogP contribution in [0.15, 0.2) is 48.0 Å². The van der Waals surface area contributed by atoms with E-state index < -0.39 is 11.7 Å². The normalized spacial score (nSPS) is 11.6. The molecular weight excluding hydrogens is 441 g/mol. The highest BCUT2D eigenvalue weighted by Crippen LogP contribution is 2.28. The highest BCUT2D eigenvalue weighted by molar-refractivity contribution is 7.03. The van der Waals surface area contributed by atoms with E-state index in [4.69, 9.17) is 5.73 Å². The molecule has 4 rings (SSSR count). The number of rotatable bonds is 5. The number of carbonyl (C=O) groups is 1. The first-order chi connectivity index (χ1) is 15.2. The minimum Gasteiger partial charge on any atom is -0.383 e. The lowest BCUT2D eigenvalue weighted by molar-refractivity contribution is -0.137. The summed E-state index contributed by atoms with van der Waals surface area (Å²) in [6, 6.07) is 9.11. The van der Waals surface area contributed by atoms with Crippen LogP contribution in [0.3, 0.4) is 0 Å². The molecule has 0 unspecified atom stereocenters. The van der Waals surface area contributed by atoms with Gasteiger partial charge in [-0.3, -0.25) is 9.78 Å². The van der Waals surface area contributed by atoms with Crippen molar-refractivity contribution < 1.29 is 18.0 Å². The molecule has 164 valence electrons. The Morgan fingerprint density at radius 1 is 1.12 bits per heavy atom. The molecule has 0 saturated heterocycles. The third-order valence-electron chi connectivity index (χ3n) is 4.84. The van der Waals surface area contributed by atoms with E-state index >= 15 is 0 Å². The fourth-order valence-electron chi connectivity index (χ4n) is 3.14. The zero-order valence-electron chi connectivity index (χ0n) is 16.8. The second kappa shape index (κ2) is 8.50. The van der Waals surface area contributed by atoms with Crippen molar-refractivity contribution in [2.75, 3.05) is 5.73 Å². The van der Waals surface area contributed by atoms with Crippen molar-refractivity contribution in [3.05, 3.63) is 76.1 Å². The lowest BCUT2D eigenvalue weighted by atomic mass is 10.1. The number of hydrogen-bond donors (Lipinski definition) is 1. The summed E-state index contributed by atoms with van der Waals surface area (Å²) in [5.74, 6) is 0.0960. The molecule has 0 aliphatic rings. The fourth-order valence-corrected chi connectivity index (χ4v) is 3.58. The van der Waals surface area contributed by atoms with Crippen LogP contribution in [0.1, 0.15) is 32.9 Å². The first-order valence-electron chi connectivity index (χ1n) is 9.45. The number of aromatic nitrogens is 4. The molecule has 1 aromatic carbocycles. The van der Waals surface area contributed by atoms with Gasteiger partial charge in [-0.1, -0.05) is 4.49 Å². The van der Waals surface area contributed by atoms with Crippen molar-refractivity contribution in [3.8, 4) is 0 Å². The number of hydrogen-bond acceptors (Lipinski definition) is 7. The number of amides is 1. The number of alkyl halides is 3. The van der Waals surface area contributed by atoms with Gasteiger partial charge in [-0.05, 0) is 60.4 Å². The molecule has 2 N–H and O–H groups in total. The molecule has 7 nitrogen and oxygen atoms in total. The van der Waals surface area contributed by atoms with E-state index in [9.17, 15) is 18.0 Å². The quantitative estimate of drug-likeness (QED) is 0.481. The highest BCUT2D eigenvalue weighted by Gasteiger charge is 2.30. The minimum atomic E-state index is -4.48. The summed E-state index contributed by atoms with van der Waals surface area (Å²) in [6.45, 7) is 1.97. The Morgan fingerprint density at radius 3 is 2.56 bits per heavy atom. The Morgan fingerprint density at radius 2 is 1.91 bits per heavy atom. The Kier molecular flexibility index (Phi) is 5.74. The van der Waals surface area contributed by atoms with Gasteiger partial charge in [-0.2, -0.15) is 13.2 Å². The number of aryl methyl sites for hydroxylation is 1. The molecule has 0 atom stereocenters. The van der Waals surface area contributed by atoms with Crippen LogP contribution < -0.4 is 5.73 Å². The maximum Gasteiger partial charge on any atom is 0.417 e. The summed E-state index contributed by atoms with van der Waals surface area (Å²) < 4.78 is 42.3.